The third kappa shape index (κ3) is 1.34. The predicted molar refractivity (Wildman–Crippen MR) is 82.5 cm³/mol. The van der Waals surface area contributed by atoms with Gasteiger partial charge in [-0.1, -0.05) is 30.0 Å². The predicted octanol–water partition coefficient (Wildman–Crippen LogP) is 2.62. The summed E-state index contributed by atoms with van der Waals surface area (Å²) < 4.78 is 1.98. The summed E-state index contributed by atoms with van der Waals surface area (Å²) >= 11 is 1.54. The zero-order chi connectivity index (χ0) is 13.9. The molecule has 0 spiro atoms. The molecule has 0 bridgehead atoms. The number of H-pyrrole nitrogens is 2. The Labute approximate surface area is 118 Å². The van der Waals surface area contributed by atoms with Crippen LogP contribution >= 0.6 is 11.8 Å². The lowest BCUT2D eigenvalue weighted by Crippen LogP contribution is -2.06. The molecule has 20 heavy (non-hydrogen) atoms. The minimum Gasteiger partial charge on any atom is -0.341 e. The minimum atomic E-state index is -0.157. The maximum Gasteiger partial charge on any atom is 0.277 e. The van der Waals surface area contributed by atoms with Crippen molar-refractivity contribution >= 4 is 44.7 Å². The number of pyridine rings is 1. The third-order valence-electron chi connectivity index (χ3n) is 3.63. The van der Waals surface area contributed by atoms with E-state index in [1.54, 1.807) is 0 Å². The van der Waals surface area contributed by atoms with Crippen molar-refractivity contribution in [3.63, 3.8) is 0 Å². The fraction of sp³-hybridized carbons (Fsp3) is 0.143. The van der Waals surface area contributed by atoms with E-state index in [0.717, 1.165) is 32.6 Å². The zero-order valence-corrected chi connectivity index (χ0v) is 11.8. The summed E-state index contributed by atoms with van der Waals surface area (Å²) in [6.07, 6.45) is 1.96. The van der Waals surface area contributed by atoms with Crippen LogP contribution in [0, 0.1) is 0 Å². The molecule has 2 N–H and O–H groups in total. The van der Waals surface area contributed by atoms with Crippen LogP contribution in [0.2, 0.25) is 0 Å². The standard InChI is InChI=1S/C14H12N4OS/c1-18-11-9-7-5-3-4-6-8(7)15-12(9)17-13(19)10(11)16-14(18)20-2/h3-6H,1-2H3,(H2,15,17,19). The molecule has 0 radical (unpaired) electrons. The quantitative estimate of drug-likeness (QED) is 0.528. The second-order valence-corrected chi connectivity index (χ2v) is 5.50. The maximum atomic E-state index is 12.2. The average molecular weight is 284 g/mol. The molecule has 0 aliphatic heterocycles. The van der Waals surface area contributed by atoms with Gasteiger partial charge < -0.3 is 14.5 Å². The number of para-hydroxylation sites is 1. The Bertz CT molecular complexity index is 1020. The van der Waals surface area contributed by atoms with Gasteiger partial charge in [0.1, 0.15) is 5.65 Å². The lowest BCUT2D eigenvalue weighted by molar-refractivity contribution is 0.819. The summed E-state index contributed by atoms with van der Waals surface area (Å²) in [5.41, 5.74) is 2.98. The van der Waals surface area contributed by atoms with Crippen molar-refractivity contribution in [2.45, 2.75) is 5.16 Å². The molecule has 6 heteroatoms. The van der Waals surface area contributed by atoms with Gasteiger partial charge in [-0.15, -0.1) is 0 Å². The summed E-state index contributed by atoms with van der Waals surface area (Å²) in [6, 6.07) is 8.03. The first-order valence-electron chi connectivity index (χ1n) is 6.24. The number of aryl methyl sites for hydroxylation is 1. The fourth-order valence-electron chi connectivity index (χ4n) is 2.76. The highest BCUT2D eigenvalue weighted by Gasteiger charge is 2.17. The minimum absolute atomic E-state index is 0.157. The number of nitrogens with zero attached hydrogens (tertiary/aromatic N) is 2. The molecule has 0 amide bonds. The molecule has 0 fully saturated rings. The molecule has 0 aliphatic carbocycles. The number of nitrogens with one attached hydrogen (secondary N) is 2. The second kappa shape index (κ2) is 3.89. The van der Waals surface area contributed by atoms with Crippen LogP contribution in [0.25, 0.3) is 33.0 Å². The summed E-state index contributed by atoms with van der Waals surface area (Å²) in [5, 5.41) is 2.95. The molecule has 0 saturated carbocycles. The van der Waals surface area contributed by atoms with Gasteiger partial charge in [0.05, 0.1) is 10.9 Å². The Kier molecular flexibility index (Phi) is 2.26. The van der Waals surface area contributed by atoms with Gasteiger partial charge in [-0.25, -0.2) is 4.98 Å². The highest BCUT2D eigenvalue weighted by Crippen LogP contribution is 2.30. The third-order valence-corrected chi connectivity index (χ3v) is 4.36. The van der Waals surface area contributed by atoms with Crippen molar-refractivity contribution in [1.82, 2.24) is 19.5 Å². The molecule has 100 valence electrons. The number of imidazole rings is 1. The average Bonchev–Trinajstić information content (AvgIpc) is 2.97. The lowest BCUT2D eigenvalue weighted by atomic mass is 10.2. The second-order valence-electron chi connectivity index (χ2n) is 4.73. The van der Waals surface area contributed by atoms with E-state index >= 15 is 0 Å². The van der Waals surface area contributed by atoms with E-state index in [1.807, 2.05) is 36.1 Å². The van der Waals surface area contributed by atoms with Crippen LogP contribution in [0.5, 0.6) is 0 Å². The lowest BCUT2D eigenvalue weighted by Gasteiger charge is -2.00. The number of hydrogen-bond acceptors (Lipinski definition) is 3. The first kappa shape index (κ1) is 11.6. The smallest absolute Gasteiger partial charge is 0.277 e. The monoisotopic (exact) mass is 284 g/mol. The summed E-state index contributed by atoms with van der Waals surface area (Å²) in [6.45, 7) is 0. The van der Waals surface area contributed by atoms with E-state index in [4.69, 9.17) is 0 Å². The number of benzene rings is 1. The van der Waals surface area contributed by atoms with Gasteiger partial charge in [0.2, 0.25) is 0 Å². The Balaban J connectivity index is 2.38. The molecule has 0 saturated heterocycles. The van der Waals surface area contributed by atoms with E-state index in [0.29, 0.717) is 5.52 Å². The van der Waals surface area contributed by atoms with Crippen LogP contribution in [0.4, 0.5) is 0 Å². The van der Waals surface area contributed by atoms with Gasteiger partial charge >= 0.3 is 0 Å². The SMILES string of the molecule is CSc1nc2c(=O)[nH]c3[nH]c4ccccc4c3c2n1C. The number of rotatable bonds is 1. The Morgan fingerprint density at radius 3 is 2.85 bits per heavy atom. The van der Waals surface area contributed by atoms with Crippen LogP contribution in [-0.2, 0) is 7.05 Å². The fourth-order valence-corrected chi connectivity index (χ4v) is 3.31. The first-order valence-corrected chi connectivity index (χ1v) is 7.46. The summed E-state index contributed by atoms with van der Waals surface area (Å²) in [4.78, 5) is 22.8. The number of thioether (sulfide) groups is 1. The van der Waals surface area contributed by atoms with Gasteiger partial charge in [0.15, 0.2) is 10.7 Å². The van der Waals surface area contributed by atoms with Crippen LogP contribution in [-0.4, -0.2) is 25.8 Å². The van der Waals surface area contributed by atoms with Crippen molar-refractivity contribution < 1.29 is 0 Å². The van der Waals surface area contributed by atoms with Crippen molar-refractivity contribution in [3.05, 3.63) is 34.6 Å². The van der Waals surface area contributed by atoms with Crippen molar-refractivity contribution in [1.29, 1.82) is 0 Å². The normalized spacial score (nSPS) is 11.9. The number of fused-ring (bicyclic) bond motifs is 5. The molecule has 0 aliphatic rings. The van der Waals surface area contributed by atoms with E-state index < -0.39 is 0 Å². The molecule has 0 atom stereocenters. The molecule has 0 unspecified atom stereocenters. The van der Waals surface area contributed by atoms with E-state index in [9.17, 15) is 4.79 Å². The number of hydrogen-bond donors (Lipinski definition) is 2. The molecule has 1 aromatic carbocycles. The van der Waals surface area contributed by atoms with Crippen LogP contribution in [0.3, 0.4) is 0 Å². The highest BCUT2D eigenvalue weighted by atomic mass is 32.2. The number of aromatic nitrogens is 4. The van der Waals surface area contributed by atoms with Crippen LogP contribution in [0.1, 0.15) is 0 Å². The van der Waals surface area contributed by atoms with Gasteiger partial charge in [0.25, 0.3) is 5.56 Å². The van der Waals surface area contributed by atoms with Crippen LogP contribution < -0.4 is 5.56 Å². The van der Waals surface area contributed by atoms with Crippen LogP contribution in [0.15, 0.2) is 34.2 Å². The molecule has 5 nitrogen and oxygen atoms in total. The largest absolute Gasteiger partial charge is 0.341 e. The topological polar surface area (TPSA) is 66.5 Å². The van der Waals surface area contributed by atoms with Crippen molar-refractivity contribution in [3.8, 4) is 0 Å². The van der Waals surface area contributed by atoms with Crippen molar-refractivity contribution in [2.24, 2.45) is 7.05 Å². The molecular formula is C14H12N4OS. The zero-order valence-electron chi connectivity index (χ0n) is 11.0. The molecule has 3 aromatic heterocycles. The van der Waals surface area contributed by atoms with Crippen molar-refractivity contribution in [2.75, 3.05) is 6.26 Å². The number of aromatic amines is 2. The molecule has 3 heterocycles. The van der Waals surface area contributed by atoms with Gasteiger partial charge in [-0.2, -0.15) is 0 Å². The molecule has 4 aromatic rings. The van der Waals surface area contributed by atoms with Gasteiger partial charge in [0, 0.05) is 18.0 Å². The van der Waals surface area contributed by atoms with E-state index in [2.05, 4.69) is 21.0 Å². The molecular weight excluding hydrogens is 272 g/mol. The molecule has 4 rings (SSSR count). The summed E-state index contributed by atoms with van der Waals surface area (Å²) in [7, 11) is 1.95. The van der Waals surface area contributed by atoms with E-state index in [1.165, 1.54) is 11.8 Å². The Morgan fingerprint density at radius 1 is 1.25 bits per heavy atom. The maximum absolute atomic E-state index is 12.2. The highest BCUT2D eigenvalue weighted by molar-refractivity contribution is 7.98. The first-order chi connectivity index (χ1) is 9.70. The summed E-state index contributed by atoms with van der Waals surface area (Å²) in [5.74, 6) is 0. The van der Waals surface area contributed by atoms with Gasteiger partial charge in [-0.05, 0) is 12.3 Å². The Hall–Kier alpha value is -2.21. The van der Waals surface area contributed by atoms with E-state index in [-0.39, 0.29) is 5.56 Å². The van der Waals surface area contributed by atoms with Gasteiger partial charge in [-0.3, -0.25) is 4.79 Å². The Morgan fingerprint density at radius 2 is 2.05 bits per heavy atom.